The second-order valence-electron chi connectivity index (χ2n) is 3.82. The zero-order chi connectivity index (χ0) is 14.5. The van der Waals surface area contributed by atoms with Gasteiger partial charge in [-0.3, -0.25) is 0 Å². The summed E-state index contributed by atoms with van der Waals surface area (Å²) in [5.74, 6) is 0.576. The lowest BCUT2D eigenvalue weighted by molar-refractivity contribution is -0.134. The van der Waals surface area contributed by atoms with E-state index in [-0.39, 0.29) is 0 Å². The van der Waals surface area contributed by atoms with Gasteiger partial charge in [0.15, 0.2) is 0 Å². The minimum Gasteiger partial charge on any atom is -0.490 e. The Hall–Kier alpha value is -0.270. The van der Waals surface area contributed by atoms with Crippen LogP contribution in [0.2, 0.25) is 0 Å². The summed E-state index contributed by atoms with van der Waals surface area (Å²) in [6, 6.07) is 4.87. The second-order valence-corrected chi connectivity index (χ2v) is 5.78. The van der Waals surface area contributed by atoms with Gasteiger partial charge in [0, 0.05) is 11.9 Å². The predicted octanol–water partition coefficient (Wildman–Crippen LogP) is 4.86. The highest BCUT2D eigenvalue weighted by Crippen LogP contribution is 2.38. The molecule has 0 amide bonds. The zero-order valence-electron chi connectivity index (χ0n) is 10.1. The van der Waals surface area contributed by atoms with Crippen LogP contribution in [0.3, 0.4) is 0 Å². The third kappa shape index (κ3) is 6.14. The number of hydrogen-bond acceptors (Lipinski definition) is 2. The van der Waals surface area contributed by atoms with E-state index in [1.807, 2.05) is 0 Å². The molecule has 0 aliphatic heterocycles. The second kappa shape index (κ2) is 7.50. The highest BCUT2D eigenvalue weighted by molar-refractivity contribution is 9.10. The van der Waals surface area contributed by atoms with Crippen LogP contribution in [0.1, 0.15) is 16.8 Å². The lowest BCUT2D eigenvalue weighted by Crippen LogP contribution is -2.10. The van der Waals surface area contributed by atoms with Gasteiger partial charge in [-0.15, -0.1) is 0 Å². The molecule has 1 unspecified atom stereocenters. The average molecular weight is 406 g/mol. The molecule has 0 aliphatic carbocycles. The quantitative estimate of drug-likeness (QED) is 0.496. The Balaban J connectivity index is 2.70. The van der Waals surface area contributed by atoms with Crippen molar-refractivity contribution in [3.63, 3.8) is 0 Å². The average Bonchev–Trinajstić information content (AvgIpc) is 2.29. The van der Waals surface area contributed by atoms with Crippen molar-refractivity contribution in [3.05, 3.63) is 28.2 Å². The van der Waals surface area contributed by atoms with Gasteiger partial charge in [0.2, 0.25) is 0 Å². The molecule has 108 valence electrons. The molecule has 0 radical (unpaired) electrons. The zero-order valence-corrected chi connectivity index (χ0v) is 13.3. The number of alkyl halides is 4. The number of ether oxygens (including phenoxy) is 2. The van der Waals surface area contributed by atoms with E-state index >= 15 is 0 Å². The van der Waals surface area contributed by atoms with Gasteiger partial charge >= 0.3 is 6.18 Å². The number of benzene rings is 1. The Morgan fingerprint density at radius 2 is 1.95 bits per heavy atom. The third-order valence-corrected chi connectivity index (χ3v) is 3.75. The number of hydrogen-bond donors (Lipinski definition) is 0. The fraction of sp³-hybridized carbons (Fsp3) is 0.500. The monoisotopic (exact) mass is 404 g/mol. The van der Waals surface area contributed by atoms with E-state index in [2.05, 4.69) is 31.9 Å². The summed E-state index contributed by atoms with van der Waals surface area (Å²) in [6.07, 6.45) is -5.11. The molecule has 0 bridgehead atoms. The summed E-state index contributed by atoms with van der Waals surface area (Å²) in [7, 11) is 1.56. The third-order valence-electron chi connectivity index (χ3n) is 2.27. The minimum absolute atomic E-state index is 0.384. The molecular formula is C12H13Br2F3O2. The fourth-order valence-corrected chi connectivity index (χ4v) is 2.55. The van der Waals surface area contributed by atoms with Crippen LogP contribution in [0, 0.1) is 0 Å². The normalized spacial score (nSPS) is 13.4. The summed E-state index contributed by atoms with van der Waals surface area (Å²) >= 11 is 6.32. The summed E-state index contributed by atoms with van der Waals surface area (Å²) in [5.41, 5.74) is 0.545. The van der Waals surface area contributed by atoms with E-state index < -0.39 is 17.4 Å². The van der Waals surface area contributed by atoms with Gasteiger partial charge in [-0.2, -0.15) is 13.2 Å². The summed E-state index contributed by atoms with van der Waals surface area (Å²) < 4.78 is 47.8. The molecule has 0 saturated heterocycles. The van der Waals surface area contributed by atoms with E-state index in [1.165, 1.54) is 0 Å². The standard InChI is InChI=1S/C12H13Br2F3O2/c1-18-4-5-19-11-3-2-8(6-9(11)13)10(14)7-12(15,16)17/h2-3,6,10H,4-5,7H2,1H3. The molecule has 0 saturated carbocycles. The molecule has 0 N–H and O–H groups in total. The Bertz CT molecular complexity index is 410. The van der Waals surface area contributed by atoms with Gasteiger partial charge in [0.05, 0.1) is 17.5 Å². The molecule has 1 rings (SSSR count). The van der Waals surface area contributed by atoms with Crippen LogP contribution in [0.15, 0.2) is 22.7 Å². The van der Waals surface area contributed by atoms with Gasteiger partial charge in [-0.1, -0.05) is 22.0 Å². The fourth-order valence-electron chi connectivity index (χ4n) is 1.38. The van der Waals surface area contributed by atoms with E-state index in [0.29, 0.717) is 29.0 Å². The molecule has 0 aromatic heterocycles. The van der Waals surface area contributed by atoms with E-state index in [9.17, 15) is 13.2 Å². The van der Waals surface area contributed by atoms with Gasteiger partial charge in [0.1, 0.15) is 12.4 Å². The molecule has 1 aromatic rings. The topological polar surface area (TPSA) is 18.5 Å². The Labute approximate surface area is 126 Å². The van der Waals surface area contributed by atoms with E-state index in [4.69, 9.17) is 9.47 Å². The number of rotatable bonds is 6. The molecule has 0 fully saturated rings. The lowest BCUT2D eigenvalue weighted by Gasteiger charge is -2.14. The van der Waals surface area contributed by atoms with Crippen LogP contribution < -0.4 is 4.74 Å². The largest absolute Gasteiger partial charge is 0.490 e. The minimum atomic E-state index is -4.20. The summed E-state index contributed by atoms with van der Waals surface area (Å²) in [4.78, 5) is -0.767. The van der Waals surface area contributed by atoms with Crippen molar-refractivity contribution in [1.29, 1.82) is 0 Å². The molecule has 19 heavy (non-hydrogen) atoms. The number of halogens is 5. The molecule has 0 heterocycles. The van der Waals surface area contributed by atoms with Crippen molar-refractivity contribution in [2.45, 2.75) is 17.4 Å². The van der Waals surface area contributed by atoms with Crippen molar-refractivity contribution in [1.82, 2.24) is 0 Å². The SMILES string of the molecule is COCCOc1ccc(C(Br)CC(F)(F)F)cc1Br. The summed E-state index contributed by atoms with van der Waals surface area (Å²) in [6.45, 7) is 0.831. The highest BCUT2D eigenvalue weighted by Gasteiger charge is 2.31. The molecule has 1 atom stereocenters. The first-order chi connectivity index (χ1) is 8.83. The Morgan fingerprint density at radius 1 is 1.26 bits per heavy atom. The maximum absolute atomic E-state index is 12.3. The van der Waals surface area contributed by atoms with E-state index in [1.54, 1.807) is 25.3 Å². The lowest BCUT2D eigenvalue weighted by atomic mass is 10.1. The Morgan fingerprint density at radius 3 is 2.47 bits per heavy atom. The van der Waals surface area contributed by atoms with Crippen LogP contribution in [0.25, 0.3) is 0 Å². The van der Waals surface area contributed by atoms with Crippen molar-refractivity contribution in [2.75, 3.05) is 20.3 Å². The van der Waals surface area contributed by atoms with Gasteiger partial charge in [0.25, 0.3) is 0 Å². The maximum Gasteiger partial charge on any atom is 0.390 e. The van der Waals surface area contributed by atoms with Crippen molar-refractivity contribution in [3.8, 4) is 5.75 Å². The molecule has 7 heteroatoms. The van der Waals surface area contributed by atoms with Gasteiger partial charge < -0.3 is 9.47 Å². The molecular weight excluding hydrogens is 393 g/mol. The summed E-state index contributed by atoms with van der Waals surface area (Å²) in [5, 5.41) is 0. The first kappa shape index (κ1) is 16.8. The van der Waals surface area contributed by atoms with Crippen LogP contribution in [-0.2, 0) is 4.74 Å². The maximum atomic E-state index is 12.3. The van der Waals surface area contributed by atoms with Crippen molar-refractivity contribution < 1.29 is 22.6 Å². The van der Waals surface area contributed by atoms with Crippen molar-refractivity contribution in [2.24, 2.45) is 0 Å². The van der Waals surface area contributed by atoms with E-state index in [0.717, 1.165) is 0 Å². The molecule has 0 spiro atoms. The smallest absolute Gasteiger partial charge is 0.390 e. The van der Waals surface area contributed by atoms with Gasteiger partial charge in [-0.05, 0) is 33.6 Å². The van der Waals surface area contributed by atoms with Crippen LogP contribution in [-0.4, -0.2) is 26.5 Å². The molecule has 1 aromatic carbocycles. The van der Waals surface area contributed by atoms with Crippen LogP contribution in [0.4, 0.5) is 13.2 Å². The molecule has 0 aliphatic rings. The van der Waals surface area contributed by atoms with Gasteiger partial charge in [-0.25, -0.2) is 0 Å². The van der Waals surface area contributed by atoms with Crippen LogP contribution >= 0.6 is 31.9 Å². The first-order valence-electron chi connectivity index (χ1n) is 5.45. The molecule has 2 nitrogen and oxygen atoms in total. The first-order valence-corrected chi connectivity index (χ1v) is 7.16. The Kier molecular flexibility index (Phi) is 6.62. The number of methoxy groups -OCH3 is 1. The predicted molar refractivity (Wildman–Crippen MR) is 73.9 cm³/mol. The van der Waals surface area contributed by atoms with Crippen LogP contribution in [0.5, 0.6) is 5.75 Å². The van der Waals surface area contributed by atoms with Crippen molar-refractivity contribution >= 4 is 31.9 Å². The highest BCUT2D eigenvalue weighted by atomic mass is 79.9.